The molecular formula is C12H14ClN3O. The number of fused-ring (bicyclic) bond motifs is 1. The number of H-pyrrole nitrogens is 1. The van der Waals surface area contributed by atoms with Gasteiger partial charge >= 0.3 is 0 Å². The summed E-state index contributed by atoms with van der Waals surface area (Å²) in [5, 5.41) is 0.620. The number of ether oxygens (including phenoxy) is 1. The highest BCUT2D eigenvalue weighted by atomic mass is 35.5. The topological polar surface area (TPSA) is 63.9 Å². The third kappa shape index (κ3) is 1.98. The van der Waals surface area contributed by atoms with Crippen LogP contribution in [0.3, 0.4) is 0 Å². The Labute approximate surface area is 104 Å². The molecule has 1 atom stereocenters. The highest BCUT2D eigenvalue weighted by Gasteiger charge is 2.20. The summed E-state index contributed by atoms with van der Waals surface area (Å²) in [4.78, 5) is 7.76. The molecule has 1 aliphatic heterocycles. The molecule has 17 heavy (non-hydrogen) atoms. The van der Waals surface area contributed by atoms with Crippen molar-refractivity contribution in [3.63, 3.8) is 0 Å². The second-order valence-electron chi connectivity index (χ2n) is 4.37. The number of aromatic nitrogens is 2. The van der Waals surface area contributed by atoms with Crippen LogP contribution in [0.15, 0.2) is 12.1 Å². The second-order valence-corrected chi connectivity index (χ2v) is 4.80. The van der Waals surface area contributed by atoms with Crippen LogP contribution < -0.4 is 5.73 Å². The molecule has 0 radical (unpaired) electrons. The molecule has 2 aromatic rings. The fraction of sp³-hybridized carbons (Fsp3) is 0.417. The number of hydrogen-bond acceptors (Lipinski definition) is 3. The minimum atomic E-state index is 0.0642. The number of aromatic amines is 1. The van der Waals surface area contributed by atoms with Gasteiger partial charge in [0, 0.05) is 11.6 Å². The minimum Gasteiger partial charge on any atom is -0.397 e. The average molecular weight is 252 g/mol. The van der Waals surface area contributed by atoms with Gasteiger partial charge in [-0.05, 0) is 31.4 Å². The van der Waals surface area contributed by atoms with E-state index in [-0.39, 0.29) is 6.10 Å². The molecule has 1 unspecified atom stereocenters. The van der Waals surface area contributed by atoms with Gasteiger partial charge in [-0.25, -0.2) is 4.98 Å². The average Bonchev–Trinajstić information content (AvgIpc) is 2.74. The van der Waals surface area contributed by atoms with Gasteiger partial charge in [-0.1, -0.05) is 11.6 Å². The summed E-state index contributed by atoms with van der Waals surface area (Å²) >= 11 is 5.96. The molecule has 90 valence electrons. The Balaban J connectivity index is 2.03. The van der Waals surface area contributed by atoms with Gasteiger partial charge in [0.25, 0.3) is 0 Å². The number of nitrogens with two attached hydrogens (primary N) is 1. The van der Waals surface area contributed by atoms with Gasteiger partial charge < -0.3 is 15.5 Å². The van der Waals surface area contributed by atoms with Crippen LogP contribution in [0.2, 0.25) is 5.02 Å². The largest absolute Gasteiger partial charge is 0.397 e. The lowest BCUT2D eigenvalue weighted by Crippen LogP contribution is -2.12. The van der Waals surface area contributed by atoms with Gasteiger partial charge in [0.15, 0.2) is 0 Å². The van der Waals surface area contributed by atoms with Crippen molar-refractivity contribution in [3.05, 3.63) is 23.0 Å². The molecule has 1 aliphatic rings. The van der Waals surface area contributed by atoms with Crippen LogP contribution in [-0.4, -0.2) is 16.6 Å². The van der Waals surface area contributed by atoms with Gasteiger partial charge in [-0.3, -0.25) is 0 Å². The summed E-state index contributed by atoms with van der Waals surface area (Å²) in [6, 6.07) is 3.56. The number of anilines is 1. The molecular weight excluding hydrogens is 238 g/mol. The number of hydrogen-bond donors (Lipinski definition) is 2. The number of nitrogen functional groups attached to an aromatic ring is 1. The van der Waals surface area contributed by atoms with Crippen molar-refractivity contribution < 1.29 is 4.74 Å². The maximum atomic E-state index is 5.96. The summed E-state index contributed by atoms with van der Waals surface area (Å²) in [5.74, 6) is 0.855. The predicted molar refractivity (Wildman–Crippen MR) is 68.1 cm³/mol. The number of halogens is 1. The molecule has 4 nitrogen and oxygen atoms in total. The zero-order chi connectivity index (χ0) is 11.8. The van der Waals surface area contributed by atoms with E-state index in [1.54, 1.807) is 6.07 Å². The first kappa shape index (κ1) is 10.9. The predicted octanol–water partition coefficient (Wildman–Crippen LogP) is 3.04. The fourth-order valence-corrected chi connectivity index (χ4v) is 2.46. The summed E-state index contributed by atoms with van der Waals surface area (Å²) in [6.07, 6.45) is 3.38. The van der Waals surface area contributed by atoms with Crippen molar-refractivity contribution in [1.29, 1.82) is 0 Å². The highest BCUT2D eigenvalue weighted by Crippen LogP contribution is 2.30. The SMILES string of the molecule is Nc1cc(Cl)cc2[nH]c(C3CCCCO3)nc12. The van der Waals surface area contributed by atoms with Crippen LogP contribution in [0.5, 0.6) is 0 Å². The van der Waals surface area contributed by atoms with E-state index in [4.69, 9.17) is 22.1 Å². The zero-order valence-corrected chi connectivity index (χ0v) is 10.1. The summed E-state index contributed by atoms with van der Waals surface area (Å²) < 4.78 is 5.70. The van der Waals surface area contributed by atoms with Crippen LogP contribution >= 0.6 is 11.6 Å². The summed E-state index contributed by atoms with van der Waals surface area (Å²) in [7, 11) is 0. The van der Waals surface area contributed by atoms with Crippen molar-refractivity contribution >= 4 is 28.3 Å². The highest BCUT2D eigenvalue weighted by molar-refractivity contribution is 6.31. The molecule has 1 saturated heterocycles. The number of imidazole rings is 1. The molecule has 0 spiro atoms. The Morgan fingerprint density at radius 2 is 2.29 bits per heavy atom. The summed E-state index contributed by atoms with van der Waals surface area (Å²) in [5.41, 5.74) is 8.15. The Morgan fingerprint density at radius 1 is 1.41 bits per heavy atom. The summed E-state index contributed by atoms with van der Waals surface area (Å²) in [6.45, 7) is 0.804. The monoisotopic (exact) mass is 251 g/mol. The number of benzene rings is 1. The van der Waals surface area contributed by atoms with Crippen LogP contribution in [-0.2, 0) is 4.74 Å². The van der Waals surface area contributed by atoms with Gasteiger partial charge in [0.1, 0.15) is 17.4 Å². The standard InChI is InChI=1S/C12H14ClN3O/c13-7-5-8(14)11-9(6-7)15-12(16-11)10-3-1-2-4-17-10/h5-6,10H,1-4,14H2,(H,15,16). The number of nitrogens with one attached hydrogen (secondary N) is 1. The van der Waals surface area contributed by atoms with Gasteiger partial charge in [-0.15, -0.1) is 0 Å². The second kappa shape index (κ2) is 4.20. The maximum absolute atomic E-state index is 5.96. The lowest BCUT2D eigenvalue weighted by atomic mass is 10.1. The molecule has 2 heterocycles. The molecule has 1 aromatic heterocycles. The Hall–Kier alpha value is -1.26. The molecule has 1 fully saturated rings. The molecule has 0 saturated carbocycles. The van der Waals surface area contributed by atoms with E-state index in [0.29, 0.717) is 10.7 Å². The van der Waals surface area contributed by atoms with Crippen molar-refractivity contribution in [2.75, 3.05) is 12.3 Å². The van der Waals surface area contributed by atoms with Gasteiger partial charge in [0.05, 0.1) is 11.2 Å². The minimum absolute atomic E-state index is 0.0642. The first-order chi connectivity index (χ1) is 8.24. The quantitative estimate of drug-likeness (QED) is 0.766. The normalized spacial score (nSPS) is 20.9. The molecule has 1 aromatic carbocycles. The Kier molecular flexibility index (Phi) is 2.68. The van der Waals surface area contributed by atoms with Crippen molar-refractivity contribution in [2.24, 2.45) is 0 Å². The lowest BCUT2D eigenvalue weighted by molar-refractivity contribution is 0.0101. The molecule has 3 rings (SSSR count). The van der Waals surface area contributed by atoms with Crippen molar-refractivity contribution in [2.45, 2.75) is 25.4 Å². The molecule has 0 aliphatic carbocycles. The van der Waals surface area contributed by atoms with E-state index in [2.05, 4.69) is 9.97 Å². The first-order valence-corrected chi connectivity index (χ1v) is 6.18. The maximum Gasteiger partial charge on any atom is 0.136 e. The first-order valence-electron chi connectivity index (χ1n) is 5.80. The zero-order valence-electron chi connectivity index (χ0n) is 9.37. The van der Waals surface area contributed by atoms with Crippen molar-refractivity contribution in [3.8, 4) is 0 Å². The van der Waals surface area contributed by atoms with Crippen LogP contribution in [0, 0.1) is 0 Å². The van der Waals surface area contributed by atoms with Gasteiger partial charge in [-0.2, -0.15) is 0 Å². The van der Waals surface area contributed by atoms with Crippen molar-refractivity contribution in [1.82, 2.24) is 9.97 Å². The lowest BCUT2D eigenvalue weighted by Gasteiger charge is -2.20. The van der Waals surface area contributed by atoms with Crippen LogP contribution in [0.1, 0.15) is 31.2 Å². The Bertz CT molecular complexity index is 546. The Morgan fingerprint density at radius 3 is 3.06 bits per heavy atom. The third-order valence-corrected chi connectivity index (χ3v) is 3.30. The van der Waals surface area contributed by atoms with E-state index < -0.39 is 0 Å². The van der Waals surface area contributed by atoms with E-state index >= 15 is 0 Å². The molecule has 5 heteroatoms. The third-order valence-electron chi connectivity index (χ3n) is 3.08. The van der Waals surface area contributed by atoms with Crippen LogP contribution in [0.4, 0.5) is 5.69 Å². The van der Waals surface area contributed by atoms with E-state index in [0.717, 1.165) is 36.3 Å². The molecule has 3 N–H and O–H groups in total. The van der Waals surface area contributed by atoms with E-state index in [9.17, 15) is 0 Å². The van der Waals surface area contributed by atoms with Gasteiger partial charge in [0.2, 0.25) is 0 Å². The van der Waals surface area contributed by atoms with E-state index in [1.807, 2.05) is 6.07 Å². The van der Waals surface area contributed by atoms with Crippen LogP contribution in [0.25, 0.3) is 11.0 Å². The van der Waals surface area contributed by atoms with E-state index in [1.165, 1.54) is 6.42 Å². The fourth-order valence-electron chi connectivity index (χ4n) is 2.24. The smallest absolute Gasteiger partial charge is 0.136 e. The molecule has 0 amide bonds. The molecule has 0 bridgehead atoms. The number of nitrogens with zero attached hydrogens (tertiary/aromatic N) is 1. The number of rotatable bonds is 1.